The van der Waals surface area contributed by atoms with E-state index in [9.17, 15) is 14.4 Å². The Kier molecular flexibility index (Phi) is 7.07. The lowest BCUT2D eigenvalue weighted by Crippen LogP contribution is -2.49. The molecule has 0 aromatic heterocycles. The maximum absolute atomic E-state index is 12.8. The second kappa shape index (κ2) is 9.08. The van der Waals surface area contributed by atoms with Crippen molar-refractivity contribution < 1.29 is 14.4 Å². The molecule has 8 heteroatoms. The van der Waals surface area contributed by atoms with E-state index in [2.05, 4.69) is 16.0 Å². The molecule has 1 aliphatic rings. The molecule has 0 atom stereocenters. The van der Waals surface area contributed by atoms with E-state index in [4.69, 9.17) is 11.6 Å². The number of nitrogens with one attached hydrogen (secondary N) is 3. The Morgan fingerprint density at radius 2 is 1.78 bits per heavy atom. The summed E-state index contributed by atoms with van der Waals surface area (Å²) in [5, 5.41) is 8.28. The van der Waals surface area contributed by atoms with Crippen LogP contribution >= 0.6 is 11.6 Å². The molecule has 0 spiro atoms. The lowest BCUT2D eigenvalue weighted by atomic mass is 10.1. The zero-order valence-corrected chi connectivity index (χ0v) is 16.8. The maximum atomic E-state index is 12.8. The fourth-order valence-electron chi connectivity index (χ4n) is 2.83. The Morgan fingerprint density at radius 1 is 1.11 bits per heavy atom. The molecule has 2 rings (SSSR count). The smallest absolute Gasteiger partial charge is 0.321 e. The minimum atomic E-state index is -0.565. The molecule has 0 bridgehead atoms. The van der Waals surface area contributed by atoms with Crippen LogP contribution in [0.15, 0.2) is 18.2 Å². The SMILES string of the molecule is CC(C)(C)NC(=O)NC(=O)CNc1cc(Cl)ccc1C(=O)N1CCCCC1. The quantitative estimate of drug-likeness (QED) is 0.732. The molecule has 148 valence electrons. The Balaban J connectivity index is 2.01. The van der Waals surface area contributed by atoms with Gasteiger partial charge in [0.25, 0.3) is 5.91 Å². The van der Waals surface area contributed by atoms with Crippen molar-refractivity contribution in [1.82, 2.24) is 15.5 Å². The van der Waals surface area contributed by atoms with E-state index in [-0.39, 0.29) is 12.5 Å². The van der Waals surface area contributed by atoms with Gasteiger partial charge in [-0.05, 0) is 58.2 Å². The number of rotatable bonds is 4. The molecule has 0 radical (unpaired) electrons. The fraction of sp³-hybridized carbons (Fsp3) is 0.526. The zero-order chi connectivity index (χ0) is 20.0. The van der Waals surface area contributed by atoms with E-state index >= 15 is 0 Å². The van der Waals surface area contributed by atoms with Gasteiger partial charge in [-0.2, -0.15) is 0 Å². The third-order valence-electron chi connectivity index (χ3n) is 4.04. The van der Waals surface area contributed by atoms with Crippen LogP contribution in [0, 0.1) is 0 Å². The van der Waals surface area contributed by atoms with Crippen molar-refractivity contribution in [3.8, 4) is 0 Å². The first kappa shape index (κ1) is 21.0. The number of carbonyl (C=O) groups is 3. The summed E-state index contributed by atoms with van der Waals surface area (Å²) in [6.45, 7) is 6.76. The number of halogens is 1. The molecular weight excluding hydrogens is 368 g/mol. The normalized spacial score (nSPS) is 14.4. The molecule has 0 saturated carbocycles. The lowest BCUT2D eigenvalue weighted by Gasteiger charge is -2.27. The molecule has 1 fully saturated rings. The third kappa shape index (κ3) is 6.75. The van der Waals surface area contributed by atoms with Crippen molar-refractivity contribution in [2.45, 2.75) is 45.6 Å². The largest absolute Gasteiger partial charge is 0.375 e. The van der Waals surface area contributed by atoms with Crippen molar-refractivity contribution in [2.24, 2.45) is 0 Å². The fourth-order valence-corrected chi connectivity index (χ4v) is 3.01. The molecule has 4 amide bonds. The van der Waals surface area contributed by atoms with Gasteiger partial charge in [0.15, 0.2) is 0 Å². The second-order valence-electron chi connectivity index (χ2n) is 7.65. The Labute approximate surface area is 164 Å². The predicted molar refractivity (Wildman–Crippen MR) is 106 cm³/mol. The highest BCUT2D eigenvalue weighted by atomic mass is 35.5. The number of piperidine rings is 1. The van der Waals surface area contributed by atoms with Gasteiger partial charge in [-0.25, -0.2) is 4.79 Å². The number of hydrogen-bond donors (Lipinski definition) is 3. The average Bonchev–Trinajstić information content (AvgIpc) is 2.58. The molecule has 1 aliphatic heterocycles. The van der Waals surface area contributed by atoms with Crippen LogP contribution in [0.2, 0.25) is 5.02 Å². The van der Waals surface area contributed by atoms with Gasteiger partial charge < -0.3 is 15.5 Å². The molecule has 0 aliphatic carbocycles. The van der Waals surface area contributed by atoms with Crippen LogP contribution in [0.1, 0.15) is 50.4 Å². The molecule has 1 heterocycles. The van der Waals surface area contributed by atoms with Gasteiger partial charge in [-0.1, -0.05) is 11.6 Å². The van der Waals surface area contributed by atoms with Gasteiger partial charge in [0, 0.05) is 29.3 Å². The summed E-state index contributed by atoms with van der Waals surface area (Å²) in [6, 6.07) is 4.36. The summed E-state index contributed by atoms with van der Waals surface area (Å²) in [5.74, 6) is -0.590. The zero-order valence-electron chi connectivity index (χ0n) is 16.0. The minimum absolute atomic E-state index is 0.0836. The summed E-state index contributed by atoms with van der Waals surface area (Å²) in [6.07, 6.45) is 3.12. The van der Waals surface area contributed by atoms with Gasteiger partial charge in [0.1, 0.15) is 0 Å². The molecule has 1 aromatic carbocycles. The third-order valence-corrected chi connectivity index (χ3v) is 4.27. The number of imide groups is 1. The van der Waals surface area contributed by atoms with E-state index in [1.807, 2.05) is 25.7 Å². The highest BCUT2D eigenvalue weighted by molar-refractivity contribution is 6.31. The highest BCUT2D eigenvalue weighted by Gasteiger charge is 2.21. The Hall–Kier alpha value is -2.28. The summed E-state index contributed by atoms with van der Waals surface area (Å²) < 4.78 is 0. The van der Waals surface area contributed by atoms with Crippen LogP contribution in [-0.2, 0) is 4.79 Å². The van der Waals surface area contributed by atoms with Gasteiger partial charge in [0.05, 0.1) is 12.1 Å². The van der Waals surface area contributed by atoms with E-state index in [0.29, 0.717) is 16.3 Å². The summed E-state index contributed by atoms with van der Waals surface area (Å²) >= 11 is 6.05. The Bertz CT molecular complexity index is 709. The van der Waals surface area contributed by atoms with Crippen molar-refractivity contribution in [3.63, 3.8) is 0 Å². The minimum Gasteiger partial charge on any atom is -0.375 e. The average molecular weight is 395 g/mol. The number of carbonyl (C=O) groups excluding carboxylic acids is 3. The van der Waals surface area contributed by atoms with Crippen LogP contribution in [-0.4, -0.2) is 47.9 Å². The number of nitrogens with zero attached hydrogens (tertiary/aromatic N) is 1. The second-order valence-corrected chi connectivity index (χ2v) is 8.09. The molecule has 7 nitrogen and oxygen atoms in total. The summed E-state index contributed by atoms with van der Waals surface area (Å²) in [5.41, 5.74) is 0.497. The van der Waals surface area contributed by atoms with Gasteiger partial charge >= 0.3 is 6.03 Å². The van der Waals surface area contributed by atoms with Crippen LogP contribution < -0.4 is 16.0 Å². The monoisotopic (exact) mass is 394 g/mol. The molecule has 0 unspecified atom stereocenters. The summed E-state index contributed by atoms with van der Waals surface area (Å²) in [7, 11) is 0. The van der Waals surface area contributed by atoms with Gasteiger partial charge in [-0.15, -0.1) is 0 Å². The van der Waals surface area contributed by atoms with Crippen molar-refractivity contribution in [3.05, 3.63) is 28.8 Å². The first-order valence-electron chi connectivity index (χ1n) is 9.10. The number of benzene rings is 1. The van der Waals surface area contributed by atoms with Crippen LogP contribution in [0.3, 0.4) is 0 Å². The predicted octanol–water partition coefficient (Wildman–Crippen LogP) is 3.00. The lowest BCUT2D eigenvalue weighted by molar-refractivity contribution is -0.118. The van der Waals surface area contributed by atoms with Gasteiger partial charge in [-0.3, -0.25) is 14.9 Å². The summed E-state index contributed by atoms with van der Waals surface area (Å²) in [4.78, 5) is 38.4. The molecule has 1 saturated heterocycles. The van der Waals surface area contributed by atoms with Crippen molar-refractivity contribution >= 4 is 35.1 Å². The molecule has 3 N–H and O–H groups in total. The molecular formula is C19H27ClN4O3. The first-order chi connectivity index (χ1) is 12.7. The maximum Gasteiger partial charge on any atom is 0.321 e. The number of amides is 4. The Morgan fingerprint density at radius 3 is 2.41 bits per heavy atom. The van der Waals surface area contributed by atoms with E-state index in [1.165, 1.54) is 0 Å². The van der Waals surface area contributed by atoms with Crippen molar-refractivity contribution in [2.75, 3.05) is 25.0 Å². The molecule has 27 heavy (non-hydrogen) atoms. The van der Waals surface area contributed by atoms with Gasteiger partial charge in [0.2, 0.25) is 5.91 Å². The van der Waals surface area contributed by atoms with E-state index in [1.54, 1.807) is 18.2 Å². The number of likely N-dealkylation sites (tertiary alicyclic amines) is 1. The number of urea groups is 1. The van der Waals surface area contributed by atoms with Crippen LogP contribution in [0.5, 0.6) is 0 Å². The standard InChI is InChI=1S/C19H27ClN4O3/c1-19(2,3)23-18(27)22-16(25)12-21-15-11-13(20)7-8-14(15)17(26)24-9-5-4-6-10-24/h7-8,11,21H,4-6,9-10,12H2,1-3H3,(H2,22,23,25,27). The van der Waals surface area contributed by atoms with Crippen LogP contribution in [0.4, 0.5) is 10.5 Å². The highest BCUT2D eigenvalue weighted by Crippen LogP contribution is 2.24. The topological polar surface area (TPSA) is 90.5 Å². The first-order valence-corrected chi connectivity index (χ1v) is 9.48. The van der Waals surface area contributed by atoms with Crippen LogP contribution in [0.25, 0.3) is 0 Å². The number of hydrogen-bond acceptors (Lipinski definition) is 4. The van der Waals surface area contributed by atoms with Crippen molar-refractivity contribution in [1.29, 1.82) is 0 Å². The molecule has 1 aromatic rings. The van der Waals surface area contributed by atoms with E-state index < -0.39 is 17.5 Å². The number of anilines is 1. The van der Waals surface area contributed by atoms with E-state index in [0.717, 1.165) is 32.4 Å².